The molecule has 7 rings (SSSR count). The molecule has 2 aromatic heterocycles. The van der Waals surface area contributed by atoms with Crippen molar-refractivity contribution in [3.05, 3.63) is 53.7 Å². The van der Waals surface area contributed by atoms with Gasteiger partial charge in [0.25, 0.3) is 0 Å². The average Bonchev–Trinajstić information content (AvgIpc) is 3.50. The zero-order chi connectivity index (χ0) is 24.9. The molecule has 0 unspecified atom stereocenters. The van der Waals surface area contributed by atoms with Gasteiger partial charge >= 0.3 is 5.97 Å². The van der Waals surface area contributed by atoms with Crippen LogP contribution in [-0.2, 0) is 32.6 Å². The van der Waals surface area contributed by atoms with E-state index >= 15 is 0 Å². The summed E-state index contributed by atoms with van der Waals surface area (Å²) in [4.78, 5) is 37.1. The molecule has 2 atom stereocenters. The lowest BCUT2D eigenvalue weighted by molar-refractivity contribution is -0.145. The van der Waals surface area contributed by atoms with Crippen LogP contribution in [-0.4, -0.2) is 46.0 Å². The summed E-state index contributed by atoms with van der Waals surface area (Å²) in [6, 6.07) is 6.28. The molecule has 4 fully saturated rings. The Hall–Kier alpha value is -3.13. The number of nitrogens with two attached hydrogens (primary N) is 1. The molecule has 4 bridgehead atoms. The minimum atomic E-state index is -0.832. The van der Waals surface area contributed by atoms with Crippen LogP contribution in [0.5, 0.6) is 0 Å². The number of aromatic amines is 2. The van der Waals surface area contributed by atoms with Crippen molar-refractivity contribution in [2.75, 3.05) is 7.11 Å². The summed E-state index contributed by atoms with van der Waals surface area (Å²) in [7, 11) is 1.33. The molecule has 4 aliphatic rings. The van der Waals surface area contributed by atoms with Crippen LogP contribution in [0.15, 0.2) is 36.7 Å². The Morgan fingerprint density at radius 1 is 1.14 bits per heavy atom. The molecule has 36 heavy (non-hydrogen) atoms. The van der Waals surface area contributed by atoms with Crippen LogP contribution in [0.4, 0.5) is 0 Å². The summed E-state index contributed by atoms with van der Waals surface area (Å²) < 4.78 is 5.00. The van der Waals surface area contributed by atoms with Gasteiger partial charge in [-0.3, -0.25) is 4.79 Å². The Morgan fingerprint density at radius 3 is 2.53 bits per heavy atom. The topological polar surface area (TPSA) is 126 Å². The number of para-hydroxylation sites is 1. The van der Waals surface area contributed by atoms with Crippen LogP contribution < -0.4 is 11.1 Å². The molecule has 3 aromatic rings. The maximum Gasteiger partial charge on any atom is 0.328 e. The summed E-state index contributed by atoms with van der Waals surface area (Å²) >= 11 is 0. The number of amides is 1. The Labute approximate surface area is 210 Å². The van der Waals surface area contributed by atoms with Gasteiger partial charge in [-0.1, -0.05) is 18.2 Å². The van der Waals surface area contributed by atoms with E-state index in [9.17, 15) is 9.59 Å². The first-order valence-corrected chi connectivity index (χ1v) is 13.2. The summed E-state index contributed by atoms with van der Waals surface area (Å²) in [5.74, 6) is 2.66. The molecule has 4 saturated carbocycles. The molecular weight excluding hydrogens is 454 g/mol. The molecule has 8 heteroatoms. The fourth-order valence-corrected chi connectivity index (χ4v) is 7.60. The number of hydrogen-bond acceptors (Lipinski definition) is 5. The predicted molar refractivity (Wildman–Crippen MR) is 136 cm³/mol. The number of methoxy groups -OCH3 is 1. The quantitative estimate of drug-likeness (QED) is 0.362. The molecule has 5 N–H and O–H groups in total. The molecular formula is C28H35N5O3. The Bertz CT molecular complexity index is 1240. The van der Waals surface area contributed by atoms with Crippen LogP contribution in [0.2, 0.25) is 0 Å². The van der Waals surface area contributed by atoms with Crippen molar-refractivity contribution in [1.82, 2.24) is 20.3 Å². The zero-order valence-electron chi connectivity index (χ0n) is 20.8. The Kier molecular flexibility index (Phi) is 5.86. The highest BCUT2D eigenvalue weighted by molar-refractivity contribution is 5.89. The first-order chi connectivity index (χ1) is 17.4. The van der Waals surface area contributed by atoms with Gasteiger partial charge in [-0.05, 0) is 74.3 Å². The summed E-state index contributed by atoms with van der Waals surface area (Å²) in [6.07, 6.45) is 12.1. The standard InChI is InChI=1S/C28H35N5O3/c1-36-26(35)24(33-25(34)22(29)9-19-14-30-23-5-3-2-4-21(19)23)10-20-15-31-27(32-20)28-11-16-6-17(12-28)8-18(7-16)13-28/h2-5,14-18,22,24,30H,6-13,29H2,1H3,(H,31,32)(H,33,34)/t16?,17?,18?,22-,24-,28?/m0/s1. The normalized spacial score (nSPS) is 28.2. The van der Waals surface area contributed by atoms with Gasteiger partial charge in [0.15, 0.2) is 0 Å². The van der Waals surface area contributed by atoms with Gasteiger partial charge in [0.2, 0.25) is 5.91 Å². The van der Waals surface area contributed by atoms with Gasteiger partial charge in [-0.2, -0.15) is 0 Å². The third-order valence-corrected chi connectivity index (χ3v) is 8.85. The van der Waals surface area contributed by atoms with Crippen molar-refractivity contribution in [1.29, 1.82) is 0 Å². The van der Waals surface area contributed by atoms with Crippen molar-refractivity contribution in [3.63, 3.8) is 0 Å². The van der Waals surface area contributed by atoms with Gasteiger partial charge in [0.1, 0.15) is 11.9 Å². The third-order valence-electron chi connectivity index (χ3n) is 8.85. The second kappa shape index (κ2) is 9.07. The van der Waals surface area contributed by atoms with Crippen LogP contribution in [0.1, 0.15) is 55.6 Å². The maximum atomic E-state index is 13.0. The van der Waals surface area contributed by atoms with E-state index in [4.69, 9.17) is 15.5 Å². The number of hydrogen-bond donors (Lipinski definition) is 4. The number of rotatable bonds is 8. The van der Waals surface area contributed by atoms with Crippen molar-refractivity contribution in [3.8, 4) is 0 Å². The lowest BCUT2D eigenvalue weighted by atomic mass is 9.49. The van der Waals surface area contributed by atoms with E-state index < -0.39 is 18.1 Å². The third kappa shape index (κ3) is 4.21. The summed E-state index contributed by atoms with van der Waals surface area (Å²) in [6.45, 7) is 0. The molecule has 0 aliphatic heterocycles. The first-order valence-electron chi connectivity index (χ1n) is 13.2. The number of nitrogens with zero attached hydrogens (tertiary/aromatic N) is 1. The lowest BCUT2D eigenvalue weighted by Crippen LogP contribution is -2.50. The molecule has 0 saturated heterocycles. The SMILES string of the molecule is COC(=O)[C@H](Cc1cnc(C23CC4CC(CC(C4)C2)C3)[nH]1)NC(=O)[C@@H](N)Cc1c[nH]c2ccccc12. The molecule has 0 spiro atoms. The van der Waals surface area contributed by atoms with Crippen LogP contribution in [0.25, 0.3) is 10.9 Å². The van der Waals surface area contributed by atoms with Crippen LogP contribution >= 0.6 is 0 Å². The number of esters is 1. The molecule has 8 nitrogen and oxygen atoms in total. The van der Waals surface area contributed by atoms with Gasteiger partial charge < -0.3 is 25.8 Å². The van der Waals surface area contributed by atoms with E-state index in [1.54, 1.807) is 0 Å². The van der Waals surface area contributed by atoms with Crippen LogP contribution in [0, 0.1) is 17.8 Å². The maximum absolute atomic E-state index is 13.0. The second-order valence-corrected chi connectivity index (χ2v) is 11.4. The molecule has 4 aliphatic carbocycles. The largest absolute Gasteiger partial charge is 0.467 e. The number of nitrogens with one attached hydrogen (secondary N) is 3. The highest BCUT2D eigenvalue weighted by Gasteiger charge is 2.53. The summed E-state index contributed by atoms with van der Waals surface area (Å²) in [5, 5.41) is 3.87. The van der Waals surface area contributed by atoms with E-state index in [-0.39, 0.29) is 17.7 Å². The number of benzene rings is 1. The molecule has 190 valence electrons. The zero-order valence-corrected chi connectivity index (χ0v) is 20.8. The highest BCUT2D eigenvalue weighted by atomic mass is 16.5. The van der Waals surface area contributed by atoms with Crippen molar-refractivity contribution >= 4 is 22.8 Å². The molecule has 1 aromatic carbocycles. The van der Waals surface area contributed by atoms with Gasteiger partial charge in [0.05, 0.1) is 13.2 Å². The van der Waals surface area contributed by atoms with Crippen molar-refractivity contribution < 1.29 is 14.3 Å². The minimum Gasteiger partial charge on any atom is -0.467 e. The number of H-pyrrole nitrogens is 2. The van der Waals surface area contributed by atoms with Gasteiger partial charge in [-0.25, -0.2) is 9.78 Å². The highest BCUT2D eigenvalue weighted by Crippen LogP contribution is 2.60. The fraction of sp³-hybridized carbons (Fsp3) is 0.536. The molecule has 1 amide bonds. The molecule has 2 heterocycles. The smallest absolute Gasteiger partial charge is 0.328 e. The number of imidazole rings is 1. The van der Waals surface area contributed by atoms with Gasteiger partial charge in [0, 0.05) is 40.8 Å². The van der Waals surface area contributed by atoms with E-state index in [0.717, 1.165) is 45.7 Å². The number of aromatic nitrogens is 3. The van der Waals surface area contributed by atoms with Crippen molar-refractivity contribution in [2.24, 2.45) is 23.5 Å². The fourth-order valence-electron chi connectivity index (χ4n) is 7.60. The number of fused-ring (bicyclic) bond motifs is 1. The predicted octanol–water partition coefficient (Wildman–Crippen LogP) is 3.13. The van der Waals surface area contributed by atoms with E-state index in [0.29, 0.717) is 6.42 Å². The number of carbonyl (C=O) groups is 2. The van der Waals surface area contributed by atoms with Crippen LogP contribution in [0.3, 0.4) is 0 Å². The minimum absolute atomic E-state index is 0.151. The lowest BCUT2D eigenvalue weighted by Gasteiger charge is -2.56. The van der Waals surface area contributed by atoms with E-state index in [1.807, 2.05) is 36.7 Å². The van der Waals surface area contributed by atoms with E-state index in [1.165, 1.54) is 45.6 Å². The molecule has 0 radical (unpaired) electrons. The van der Waals surface area contributed by atoms with Gasteiger partial charge in [-0.15, -0.1) is 0 Å². The average molecular weight is 490 g/mol. The monoisotopic (exact) mass is 489 g/mol. The Morgan fingerprint density at radius 2 is 1.83 bits per heavy atom. The van der Waals surface area contributed by atoms with Crippen molar-refractivity contribution in [2.45, 2.75) is 68.9 Å². The number of carbonyl (C=O) groups excluding carboxylic acids is 2. The first kappa shape index (κ1) is 23.3. The Balaban J connectivity index is 1.14. The summed E-state index contributed by atoms with van der Waals surface area (Å²) in [5.41, 5.74) is 9.22. The second-order valence-electron chi connectivity index (χ2n) is 11.4. The van der Waals surface area contributed by atoms with E-state index in [2.05, 4.69) is 15.3 Å². The number of ether oxygens (including phenoxy) is 1.